The van der Waals surface area contributed by atoms with Gasteiger partial charge in [0.2, 0.25) is 0 Å². The number of allylic oxidation sites excluding steroid dienone is 1. The van der Waals surface area contributed by atoms with Crippen LogP contribution in [-0.4, -0.2) is 27.1 Å². The van der Waals surface area contributed by atoms with Gasteiger partial charge in [0.1, 0.15) is 11.6 Å². The van der Waals surface area contributed by atoms with Crippen LogP contribution in [0.2, 0.25) is 0 Å². The minimum Gasteiger partial charge on any atom is -0.493 e. The van der Waals surface area contributed by atoms with Gasteiger partial charge in [-0.25, -0.2) is 0 Å². The Kier molecular flexibility index (Phi) is 5.20. The molecular formula is C16H18BrN3OS. The van der Waals surface area contributed by atoms with Gasteiger partial charge in [-0.05, 0) is 31.0 Å². The van der Waals surface area contributed by atoms with Gasteiger partial charge in [-0.15, -0.1) is 16.8 Å². The summed E-state index contributed by atoms with van der Waals surface area (Å²) in [6.45, 7) is 5.24. The number of aromatic nitrogens is 3. The van der Waals surface area contributed by atoms with Gasteiger partial charge >= 0.3 is 0 Å². The number of nitrogens with zero attached hydrogens (tertiary/aromatic N) is 3. The Hall–Kier alpha value is -1.27. The second kappa shape index (κ2) is 7.33. The van der Waals surface area contributed by atoms with Crippen LogP contribution < -0.4 is 4.74 Å². The molecule has 1 fully saturated rings. The molecule has 0 atom stereocenters. The third-order valence-electron chi connectivity index (χ3n) is 3.38. The lowest BCUT2D eigenvalue weighted by atomic mass is 10.3. The summed E-state index contributed by atoms with van der Waals surface area (Å²) in [5.74, 6) is 3.42. The van der Waals surface area contributed by atoms with Crippen LogP contribution >= 0.6 is 27.7 Å². The predicted octanol–water partition coefficient (Wildman–Crippen LogP) is 4.28. The average molecular weight is 380 g/mol. The minimum atomic E-state index is 0.597. The Bertz CT molecular complexity index is 655. The van der Waals surface area contributed by atoms with Crippen LogP contribution in [-0.2, 0) is 6.54 Å². The fourth-order valence-corrected chi connectivity index (χ4v) is 3.35. The minimum absolute atomic E-state index is 0.597. The van der Waals surface area contributed by atoms with Crippen molar-refractivity contribution in [2.24, 2.45) is 0 Å². The van der Waals surface area contributed by atoms with Gasteiger partial charge in [0.25, 0.3) is 0 Å². The lowest BCUT2D eigenvalue weighted by Gasteiger charge is -2.08. The highest BCUT2D eigenvalue weighted by Crippen LogP contribution is 2.40. The van der Waals surface area contributed by atoms with Crippen LogP contribution in [0, 0.1) is 0 Å². The van der Waals surface area contributed by atoms with E-state index in [1.165, 1.54) is 12.8 Å². The maximum absolute atomic E-state index is 5.75. The molecule has 3 rings (SSSR count). The third-order valence-corrected chi connectivity index (χ3v) is 4.80. The normalized spacial score (nSPS) is 14.0. The van der Waals surface area contributed by atoms with E-state index in [1.807, 2.05) is 30.3 Å². The van der Waals surface area contributed by atoms with Crippen molar-refractivity contribution >= 4 is 27.7 Å². The van der Waals surface area contributed by atoms with Gasteiger partial charge in [0.05, 0.1) is 6.61 Å². The molecule has 1 aliphatic rings. The van der Waals surface area contributed by atoms with Crippen LogP contribution in [0.15, 0.2) is 46.5 Å². The quantitative estimate of drug-likeness (QED) is 0.390. The van der Waals surface area contributed by atoms with E-state index in [1.54, 1.807) is 11.8 Å². The Morgan fingerprint density at radius 1 is 1.41 bits per heavy atom. The number of benzene rings is 1. The van der Waals surface area contributed by atoms with E-state index in [9.17, 15) is 0 Å². The number of thioether (sulfide) groups is 1. The van der Waals surface area contributed by atoms with E-state index < -0.39 is 0 Å². The van der Waals surface area contributed by atoms with Crippen molar-refractivity contribution in [3.05, 3.63) is 47.2 Å². The lowest BCUT2D eigenvalue weighted by molar-refractivity contribution is 0.343. The summed E-state index contributed by atoms with van der Waals surface area (Å²) < 4.78 is 8.95. The predicted molar refractivity (Wildman–Crippen MR) is 92.6 cm³/mol. The molecule has 22 heavy (non-hydrogen) atoms. The van der Waals surface area contributed by atoms with E-state index in [0.717, 1.165) is 33.5 Å². The maximum atomic E-state index is 5.75. The maximum Gasteiger partial charge on any atom is 0.191 e. The number of ether oxygens (including phenoxy) is 1. The number of rotatable bonds is 8. The van der Waals surface area contributed by atoms with Crippen LogP contribution in [0.25, 0.3) is 0 Å². The van der Waals surface area contributed by atoms with E-state index in [2.05, 4.69) is 37.3 Å². The zero-order valence-electron chi connectivity index (χ0n) is 12.2. The molecule has 0 aliphatic heterocycles. The molecule has 1 aliphatic carbocycles. The molecule has 6 heteroatoms. The van der Waals surface area contributed by atoms with Crippen molar-refractivity contribution in [1.29, 1.82) is 0 Å². The van der Waals surface area contributed by atoms with E-state index in [4.69, 9.17) is 4.74 Å². The molecule has 116 valence electrons. The Balaban J connectivity index is 1.54. The van der Waals surface area contributed by atoms with E-state index >= 15 is 0 Å². The highest BCUT2D eigenvalue weighted by molar-refractivity contribution is 9.10. The van der Waals surface area contributed by atoms with Gasteiger partial charge in [0, 0.05) is 22.7 Å². The Morgan fingerprint density at radius 2 is 2.27 bits per heavy atom. The SMILES string of the molecule is C=CCn1c(SCCOc2cccc(Br)c2)nnc1C1CC1. The first-order valence-electron chi connectivity index (χ1n) is 7.33. The van der Waals surface area contributed by atoms with Crippen LogP contribution in [0.3, 0.4) is 0 Å². The van der Waals surface area contributed by atoms with Gasteiger partial charge in [-0.2, -0.15) is 0 Å². The molecule has 0 N–H and O–H groups in total. The van der Waals surface area contributed by atoms with Crippen molar-refractivity contribution < 1.29 is 4.74 Å². The Morgan fingerprint density at radius 3 is 3.00 bits per heavy atom. The summed E-state index contributed by atoms with van der Waals surface area (Å²) in [4.78, 5) is 0. The molecule has 0 amide bonds. The van der Waals surface area contributed by atoms with Crippen molar-refractivity contribution in [2.75, 3.05) is 12.4 Å². The van der Waals surface area contributed by atoms with Gasteiger partial charge < -0.3 is 9.30 Å². The summed E-state index contributed by atoms with van der Waals surface area (Å²) in [5.41, 5.74) is 0. The van der Waals surface area contributed by atoms with Crippen molar-refractivity contribution in [1.82, 2.24) is 14.8 Å². The molecular weight excluding hydrogens is 362 g/mol. The lowest BCUT2D eigenvalue weighted by Crippen LogP contribution is -2.05. The molecule has 0 saturated heterocycles. The molecule has 1 aromatic heterocycles. The van der Waals surface area contributed by atoms with Crippen LogP contribution in [0.4, 0.5) is 0 Å². The van der Waals surface area contributed by atoms with Crippen molar-refractivity contribution in [2.45, 2.75) is 30.5 Å². The summed E-state index contributed by atoms with van der Waals surface area (Å²) in [7, 11) is 0. The second-order valence-corrected chi connectivity index (χ2v) is 7.15. The zero-order valence-corrected chi connectivity index (χ0v) is 14.6. The van der Waals surface area contributed by atoms with Gasteiger partial charge in [-0.3, -0.25) is 0 Å². The monoisotopic (exact) mass is 379 g/mol. The molecule has 0 radical (unpaired) electrons. The highest BCUT2D eigenvalue weighted by atomic mass is 79.9. The smallest absolute Gasteiger partial charge is 0.191 e. The number of hydrogen-bond donors (Lipinski definition) is 0. The molecule has 4 nitrogen and oxygen atoms in total. The molecule has 1 heterocycles. The first-order chi connectivity index (χ1) is 10.8. The largest absolute Gasteiger partial charge is 0.493 e. The second-order valence-electron chi connectivity index (χ2n) is 5.17. The molecule has 2 aromatic rings. The van der Waals surface area contributed by atoms with Crippen molar-refractivity contribution in [3.8, 4) is 5.75 Å². The molecule has 1 aromatic carbocycles. The molecule has 0 unspecified atom stereocenters. The van der Waals surface area contributed by atoms with E-state index in [0.29, 0.717) is 12.5 Å². The average Bonchev–Trinajstić information content (AvgIpc) is 3.27. The summed E-state index contributed by atoms with van der Waals surface area (Å²) in [6.07, 6.45) is 4.36. The van der Waals surface area contributed by atoms with E-state index in [-0.39, 0.29) is 0 Å². The molecule has 0 bridgehead atoms. The number of halogens is 1. The number of hydrogen-bond acceptors (Lipinski definition) is 4. The summed E-state index contributed by atoms with van der Waals surface area (Å²) in [6, 6.07) is 7.88. The topological polar surface area (TPSA) is 39.9 Å². The fourth-order valence-electron chi connectivity index (χ4n) is 2.20. The highest BCUT2D eigenvalue weighted by Gasteiger charge is 2.30. The van der Waals surface area contributed by atoms with Gasteiger partial charge in [-0.1, -0.05) is 39.8 Å². The molecule has 1 saturated carbocycles. The fraction of sp³-hybridized carbons (Fsp3) is 0.375. The standard InChI is InChI=1S/C16H18BrN3OS/c1-2-8-20-15(12-6-7-12)18-19-16(20)22-10-9-21-14-5-3-4-13(17)11-14/h2-5,11-12H,1,6-10H2. The summed E-state index contributed by atoms with van der Waals surface area (Å²) in [5, 5.41) is 9.62. The first kappa shape index (κ1) is 15.6. The van der Waals surface area contributed by atoms with Gasteiger partial charge in [0.15, 0.2) is 5.16 Å². The van der Waals surface area contributed by atoms with Crippen LogP contribution in [0.5, 0.6) is 5.75 Å². The zero-order chi connectivity index (χ0) is 15.4. The first-order valence-corrected chi connectivity index (χ1v) is 9.11. The van der Waals surface area contributed by atoms with Crippen molar-refractivity contribution in [3.63, 3.8) is 0 Å². The van der Waals surface area contributed by atoms with Crippen LogP contribution in [0.1, 0.15) is 24.6 Å². The summed E-state index contributed by atoms with van der Waals surface area (Å²) >= 11 is 5.12. The Labute approximate surface area is 143 Å². The molecule has 0 spiro atoms. The third kappa shape index (κ3) is 3.93.